The van der Waals surface area contributed by atoms with Crippen LogP contribution in [-0.4, -0.2) is 26.7 Å². The number of hydrogen-bond donors (Lipinski definition) is 1. The van der Waals surface area contributed by atoms with Gasteiger partial charge in [0.2, 0.25) is 0 Å². The smallest absolute Gasteiger partial charge is 0.296 e. The monoisotopic (exact) mass is 414 g/mol. The minimum atomic E-state index is -0.718. The summed E-state index contributed by atoms with van der Waals surface area (Å²) in [5, 5.41) is 11.2. The fourth-order valence-corrected chi connectivity index (χ4v) is 4.54. The minimum Gasteiger partial charge on any atom is -0.507 e. The molecule has 2 aliphatic rings. The van der Waals surface area contributed by atoms with Gasteiger partial charge in [-0.05, 0) is 72.7 Å². The van der Waals surface area contributed by atoms with Crippen LogP contribution in [0, 0.1) is 0 Å². The molecule has 2 aromatic heterocycles. The van der Waals surface area contributed by atoms with E-state index in [1.54, 1.807) is 36.7 Å². The molecule has 6 nitrogen and oxygen atoms in total. The lowest BCUT2D eigenvalue weighted by Gasteiger charge is -2.24. The number of aromatic nitrogens is 1. The Labute approximate surface area is 179 Å². The van der Waals surface area contributed by atoms with E-state index in [0.29, 0.717) is 16.9 Å². The molecule has 3 aromatic rings. The lowest BCUT2D eigenvalue weighted by molar-refractivity contribution is -0.140. The number of hydrogen-bond acceptors (Lipinski definition) is 5. The van der Waals surface area contributed by atoms with Gasteiger partial charge in [-0.15, -0.1) is 0 Å². The molecule has 1 aromatic carbocycles. The molecule has 0 bridgehead atoms. The molecule has 1 atom stereocenters. The van der Waals surface area contributed by atoms with E-state index in [2.05, 4.69) is 4.98 Å². The van der Waals surface area contributed by atoms with Crippen LogP contribution in [0.2, 0.25) is 0 Å². The molecule has 1 fully saturated rings. The Morgan fingerprint density at radius 2 is 1.84 bits per heavy atom. The van der Waals surface area contributed by atoms with Crippen LogP contribution in [0.3, 0.4) is 0 Å². The molecular weight excluding hydrogens is 392 g/mol. The highest BCUT2D eigenvalue weighted by Crippen LogP contribution is 2.40. The largest absolute Gasteiger partial charge is 0.507 e. The molecule has 31 heavy (non-hydrogen) atoms. The van der Waals surface area contributed by atoms with E-state index >= 15 is 0 Å². The van der Waals surface area contributed by atoms with Crippen molar-refractivity contribution in [1.29, 1.82) is 0 Å². The zero-order valence-electron chi connectivity index (χ0n) is 17.0. The summed E-state index contributed by atoms with van der Waals surface area (Å²) in [6, 6.07) is 12.1. The van der Waals surface area contributed by atoms with Gasteiger partial charge in [-0.1, -0.05) is 12.1 Å². The molecule has 5 rings (SSSR count). The van der Waals surface area contributed by atoms with Gasteiger partial charge in [0.15, 0.2) is 0 Å². The Morgan fingerprint density at radius 1 is 1.06 bits per heavy atom. The van der Waals surface area contributed by atoms with Crippen LogP contribution in [-0.2, 0) is 29.0 Å². The average Bonchev–Trinajstić information content (AvgIpc) is 3.41. The highest BCUT2D eigenvalue weighted by Gasteiger charge is 2.46. The van der Waals surface area contributed by atoms with E-state index < -0.39 is 17.7 Å². The van der Waals surface area contributed by atoms with Crippen molar-refractivity contribution in [3.05, 3.63) is 94.7 Å². The summed E-state index contributed by atoms with van der Waals surface area (Å²) in [4.78, 5) is 31.5. The maximum absolute atomic E-state index is 13.1. The predicted molar refractivity (Wildman–Crippen MR) is 114 cm³/mol. The van der Waals surface area contributed by atoms with Gasteiger partial charge >= 0.3 is 0 Å². The molecule has 0 spiro atoms. The van der Waals surface area contributed by atoms with Crippen LogP contribution in [0.5, 0.6) is 0 Å². The zero-order valence-corrected chi connectivity index (χ0v) is 17.0. The molecule has 3 heterocycles. The summed E-state index contributed by atoms with van der Waals surface area (Å²) in [5.74, 6) is -0.925. The molecule has 0 radical (unpaired) electrons. The summed E-state index contributed by atoms with van der Waals surface area (Å²) in [6.07, 6.45) is 9.01. The molecule has 6 heteroatoms. The number of Topliss-reactive ketones (excluding diaryl/α,β-unsaturated/α-hetero) is 1. The summed E-state index contributed by atoms with van der Waals surface area (Å²) >= 11 is 0. The number of pyridine rings is 1. The number of furan rings is 1. The number of amides is 1. The van der Waals surface area contributed by atoms with Crippen LogP contribution in [0.1, 0.15) is 46.9 Å². The first-order valence-corrected chi connectivity index (χ1v) is 10.5. The van der Waals surface area contributed by atoms with Crippen molar-refractivity contribution in [2.75, 3.05) is 0 Å². The Hall–Kier alpha value is -3.67. The SMILES string of the molecule is O=C1C(=O)N(Cc2ccco2)C(c2ccncc2)/C1=C(/O)c1ccc2c(c1)CCCC2. The highest BCUT2D eigenvalue weighted by molar-refractivity contribution is 6.46. The maximum atomic E-state index is 13.1. The first-order valence-electron chi connectivity index (χ1n) is 10.5. The second-order valence-corrected chi connectivity index (χ2v) is 7.98. The molecule has 1 amide bonds. The van der Waals surface area contributed by atoms with Gasteiger partial charge in [0.25, 0.3) is 11.7 Å². The lowest BCUT2D eigenvalue weighted by atomic mass is 9.89. The molecule has 1 N–H and O–H groups in total. The third-order valence-electron chi connectivity index (χ3n) is 6.09. The van der Waals surface area contributed by atoms with Crippen LogP contribution in [0.15, 0.2) is 71.1 Å². The number of nitrogens with zero attached hydrogens (tertiary/aromatic N) is 2. The van der Waals surface area contributed by atoms with Gasteiger partial charge < -0.3 is 14.4 Å². The summed E-state index contributed by atoms with van der Waals surface area (Å²) in [6.45, 7) is 0.130. The molecular formula is C25H22N2O4. The van der Waals surface area contributed by atoms with Gasteiger partial charge in [0, 0.05) is 18.0 Å². The predicted octanol–water partition coefficient (Wildman–Crippen LogP) is 4.18. The van der Waals surface area contributed by atoms with Crippen molar-refractivity contribution in [1.82, 2.24) is 9.88 Å². The van der Waals surface area contributed by atoms with Crippen molar-refractivity contribution < 1.29 is 19.1 Å². The Bertz CT molecular complexity index is 1170. The third kappa shape index (κ3) is 3.44. The van der Waals surface area contributed by atoms with Gasteiger partial charge in [-0.2, -0.15) is 0 Å². The summed E-state index contributed by atoms with van der Waals surface area (Å²) < 4.78 is 5.41. The van der Waals surface area contributed by atoms with Crippen LogP contribution in [0.25, 0.3) is 5.76 Å². The second-order valence-electron chi connectivity index (χ2n) is 7.98. The minimum absolute atomic E-state index is 0.0958. The molecule has 0 saturated carbocycles. The van der Waals surface area contributed by atoms with E-state index in [4.69, 9.17) is 4.42 Å². The second kappa shape index (κ2) is 7.87. The van der Waals surface area contributed by atoms with E-state index in [9.17, 15) is 14.7 Å². The number of likely N-dealkylation sites (tertiary alicyclic amines) is 1. The number of benzene rings is 1. The number of fused-ring (bicyclic) bond motifs is 1. The molecule has 1 unspecified atom stereocenters. The van der Waals surface area contributed by atoms with Crippen LogP contribution < -0.4 is 0 Å². The van der Waals surface area contributed by atoms with E-state index in [1.807, 2.05) is 18.2 Å². The fourth-order valence-electron chi connectivity index (χ4n) is 4.54. The van der Waals surface area contributed by atoms with Crippen molar-refractivity contribution in [2.45, 2.75) is 38.3 Å². The van der Waals surface area contributed by atoms with Crippen molar-refractivity contribution >= 4 is 17.4 Å². The normalized spacial score (nSPS) is 20.1. The Balaban J connectivity index is 1.63. The Kier molecular flexibility index (Phi) is 4.90. The zero-order chi connectivity index (χ0) is 21.4. The first-order chi connectivity index (χ1) is 15.1. The van der Waals surface area contributed by atoms with Crippen molar-refractivity contribution in [3.8, 4) is 0 Å². The maximum Gasteiger partial charge on any atom is 0.296 e. The van der Waals surface area contributed by atoms with Gasteiger partial charge in [-0.25, -0.2) is 0 Å². The molecule has 1 aliphatic carbocycles. The lowest BCUT2D eigenvalue weighted by Crippen LogP contribution is -2.29. The Morgan fingerprint density at radius 3 is 2.58 bits per heavy atom. The number of carbonyl (C=O) groups excluding carboxylic acids is 2. The van der Waals surface area contributed by atoms with E-state index in [1.165, 1.54) is 22.3 Å². The standard InChI is InChI=1S/C25H22N2O4/c28-23(19-8-7-16-4-1-2-5-18(16)14-19)21-22(17-9-11-26-12-10-17)27(25(30)24(21)29)15-20-6-3-13-31-20/h3,6-14,22,28H,1-2,4-5,15H2/b23-21-. The first kappa shape index (κ1) is 19.3. The topological polar surface area (TPSA) is 83.6 Å². The molecule has 1 saturated heterocycles. The summed E-state index contributed by atoms with van der Waals surface area (Å²) in [7, 11) is 0. The van der Waals surface area contributed by atoms with Crippen LogP contribution >= 0.6 is 0 Å². The number of aryl methyl sites for hydroxylation is 2. The van der Waals surface area contributed by atoms with E-state index in [-0.39, 0.29) is 17.9 Å². The molecule has 156 valence electrons. The number of rotatable bonds is 4. The number of carbonyl (C=O) groups is 2. The van der Waals surface area contributed by atoms with Gasteiger partial charge in [0.1, 0.15) is 11.5 Å². The summed E-state index contributed by atoms with van der Waals surface area (Å²) in [5.41, 5.74) is 3.85. The van der Waals surface area contributed by atoms with Crippen molar-refractivity contribution in [2.24, 2.45) is 0 Å². The van der Waals surface area contributed by atoms with E-state index in [0.717, 1.165) is 25.7 Å². The third-order valence-corrected chi connectivity index (χ3v) is 6.09. The number of aliphatic hydroxyl groups is 1. The van der Waals surface area contributed by atoms with Gasteiger partial charge in [0.05, 0.1) is 24.4 Å². The number of aliphatic hydroxyl groups excluding tert-OH is 1. The van der Waals surface area contributed by atoms with Crippen LogP contribution in [0.4, 0.5) is 0 Å². The quantitative estimate of drug-likeness (QED) is 0.393. The highest BCUT2D eigenvalue weighted by atomic mass is 16.3. The van der Waals surface area contributed by atoms with Gasteiger partial charge in [-0.3, -0.25) is 14.6 Å². The average molecular weight is 414 g/mol. The van der Waals surface area contributed by atoms with Crippen molar-refractivity contribution in [3.63, 3.8) is 0 Å². The number of ketones is 1. The fraction of sp³-hybridized carbons (Fsp3) is 0.240. The molecule has 1 aliphatic heterocycles.